The maximum absolute atomic E-state index is 4.31. The molecule has 2 heteroatoms. The average Bonchev–Trinajstić information content (AvgIpc) is 3.55. The van der Waals surface area contributed by atoms with Crippen LogP contribution in [0.4, 0.5) is 17.1 Å². The normalized spacial score (nSPS) is 11.5. The van der Waals surface area contributed by atoms with Crippen LogP contribution in [0, 0.1) is 0 Å². The van der Waals surface area contributed by atoms with Crippen LogP contribution in [0.15, 0.2) is 195 Å². The molecule has 1 aromatic heterocycles. The van der Waals surface area contributed by atoms with Gasteiger partial charge in [0.15, 0.2) is 0 Å². The van der Waals surface area contributed by atoms with Crippen LogP contribution in [-0.2, 0) is 0 Å². The molecule has 0 radical (unpaired) electrons. The molecule has 9 aromatic rings. The van der Waals surface area contributed by atoms with Gasteiger partial charge in [-0.15, -0.1) is 0 Å². The third-order valence-corrected chi connectivity index (χ3v) is 10.3. The van der Waals surface area contributed by atoms with E-state index in [1.807, 2.05) is 6.08 Å². The molecule has 252 valence electrons. The fourth-order valence-corrected chi connectivity index (χ4v) is 7.87. The Morgan fingerprint density at radius 1 is 0.509 bits per heavy atom. The number of benzene rings is 8. The number of allylic oxidation sites excluding steroid dienone is 1. The van der Waals surface area contributed by atoms with Gasteiger partial charge in [0, 0.05) is 38.8 Å². The number of aromatic nitrogens is 1. The van der Waals surface area contributed by atoms with Gasteiger partial charge in [-0.2, -0.15) is 0 Å². The molecular formula is C51H38N2. The first-order valence-electron chi connectivity index (χ1n) is 18.2. The molecule has 0 unspecified atom stereocenters. The van der Waals surface area contributed by atoms with E-state index in [2.05, 4.69) is 217 Å². The summed E-state index contributed by atoms with van der Waals surface area (Å²) in [5.41, 5.74) is 12.6. The standard InChI is InChI=1S/C51H38N2/c1-3-16-45-48-35-50(46-24-13-14-25-47(46)51(48)53(49(45)4-2)40-21-9-6-10-22-40)52(41-31-27-37(28-32-41)36-17-7-5-8-18-36)42-33-29-39(30-34-42)44-26-15-20-38-19-11-12-23-43(38)44/h3-35H,2H2,1H3/b16-3-. The minimum atomic E-state index is 1.07. The van der Waals surface area contributed by atoms with Crippen LogP contribution in [0.2, 0.25) is 0 Å². The van der Waals surface area contributed by atoms with E-state index in [4.69, 9.17) is 0 Å². The maximum atomic E-state index is 4.31. The van der Waals surface area contributed by atoms with Crippen molar-refractivity contribution in [1.29, 1.82) is 0 Å². The van der Waals surface area contributed by atoms with Gasteiger partial charge in [0.05, 0.1) is 16.9 Å². The summed E-state index contributed by atoms with van der Waals surface area (Å²) in [6.45, 7) is 6.39. The number of para-hydroxylation sites is 1. The molecule has 8 aromatic carbocycles. The Morgan fingerprint density at radius 3 is 1.75 bits per heavy atom. The van der Waals surface area contributed by atoms with Crippen LogP contribution in [0.1, 0.15) is 18.2 Å². The summed E-state index contributed by atoms with van der Waals surface area (Å²) in [5, 5.41) is 6.02. The lowest BCUT2D eigenvalue weighted by atomic mass is 9.97. The summed E-state index contributed by atoms with van der Waals surface area (Å²) in [5.74, 6) is 0. The molecule has 0 aliphatic carbocycles. The lowest BCUT2D eigenvalue weighted by Gasteiger charge is -2.28. The first-order chi connectivity index (χ1) is 26.2. The lowest BCUT2D eigenvalue weighted by molar-refractivity contribution is 1.11. The van der Waals surface area contributed by atoms with Crippen molar-refractivity contribution in [3.05, 3.63) is 206 Å². The largest absolute Gasteiger partial charge is 0.310 e. The molecule has 2 nitrogen and oxygen atoms in total. The van der Waals surface area contributed by atoms with Crippen molar-refractivity contribution in [2.45, 2.75) is 6.92 Å². The summed E-state index contributed by atoms with van der Waals surface area (Å²) in [6, 6.07) is 65.5. The Balaban J connectivity index is 1.30. The van der Waals surface area contributed by atoms with E-state index in [0.29, 0.717) is 0 Å². The van der Waals surface area contributed by atoms with Crippen LogP contribution in [0.5, 0.6) is 0 Å². The number of anilines is 3. The number of hydrogen-bond acceptors (Lipinski definition) is 1. The molecule has 0 amide bonds. The molecule has 0 spiro atoms. The van der Waals surface area contributed by atoms with Crippen molar-refractivity contribution in [2.75, 3.05) is 4.90 Å². The van der Waals surface area contributed by atoms with Crippen LogP contribution in [-0.4, -0.2) is 4.57 Å². The molecular weight excluding hydrogens is 641 g/mol. The average molecular weight is 679 g/mol. The van der Waals surface area contributed by atoms with Gasteiger partial charge in [-0.1, -0.05) is 158 Å². The minimum Gasteiger partial charge on any atom is -0.310 e. The highest BCUT2D eigenvalue weighted by atomic mass is 15.1. The summed E-state index contributed by atoms with van der Waals surface area (Å²) in [7, 11) is 0. The van der Waals surface area contributed by atoms with Crippen LogP contribution in [0.3, 0.4) is 0 Å². The molecule has 9 rings (SSSR count). The van der Waals surface area contributed by atoms with Crippen molar-refractivity contribution in [3.8, 4) is 27.9 Å². The highest BCUT2D eigenvalue weighted by molar-refractivity contribution is 6.17. The third-order valence-electron chi connectivity index (χ3n) is 10.3. The van der Waals surface area contributed by atoms with Gasteiger partial charge in [0.25, 0.3) is 0 Å². The van der Waals surface area contributed by atoms with Crippen molar-refractivity contribution in [3.63, 3.8) is 0 Å². The predicted molar refractivity (Wildman–Crippen MR) is 229 cm³/mol. The molecule has 0 aliphatic rings. The first kappa shape index (κ1) is 32.0. The minimum absolute atomic E-state index is 1.07. The molecule has 53 heavy (non-hydrogen) atoms. The smallest absolute Gasteiger partial charge is 0.0621 e. The van der Waals surface area contributed by atoms with Crippen molar-refractivity contribution >= 4 is 61.7 Å². The Bertz CT molecular complexity index is 2770. The van der Waals surface area contributed by atoms with Gasteiger partial charge in [0.2, 0.25) is 0 Å². The summed E-state index contributed by atoms with van der Waals surface area (Å²) >= 11 is 0. The number of nitrogens with zero attached hydrogens (tertiary/aromatic N) is 2. The molecule has 0 fully saturated rings. The zero-order valence-electron chi connectivity index (χ0n) is 29.7. The van der Waals surface area contributed by atoms with Crippen LogP contribution in [0.25, 0.3) is 72.5 Å². The van der Waals surface area contributed by atoms with E-state index >= 15 is 0 Å². The van der Waals surface area contributed by atoms with E-state index in [1.165, 1.54) is 54.7 Å². The molecule has 0 N–H and O–H groups in total. The van der Waals surface area contributed by atoms with Crippen LogP contribution < -0.4 is 4.90 Å². The first-order valence-corrected chi connectivity index (χ1v) is 18.2. The van der Waals surface area contributed by atoms with E-state index in [-0.39, 0.29) is 0 Å². The van der Waals surface area contributed by atoms with E-state index in [9.17, 15) is 0 Å². The Morgan fingerprint density at radius 2 is 1.08 bits per heavy atom. The van der Waals surface area contributed by atoms with Gasteiger partial charge in [-0.05, 0) is 88.5 Å². The van der Waals surface area contributed by atoms with Crippen molar-refractivity contribution in [2.24, 2.45) is 0 Å². The molecule has 0 bridgehead atoms. The predicted octanol–water partition coefficient (Wildman–Crippen LogP) is 14.4. The fourth-order valence-electron chi connectivity index (χ4n) is 7.87. The molecule has 0 aliphatic heterocycles. The van der Waals surface area contributed by atoms with Crippen molar-refractivity contribution < 1.29 is 0 Å². The zero-order valence-corrected chi connectivity index (χ0v) is 29.7. The van der Waals surface area contributed by atoms with E-state index in [0.717, 1.165) is 34.0 Å². The second kappa shape index (κ2) is 13.7. The fraction of sp³-hybridized carbons (Fsp3) is 0.0196. The van der Waals surface area contributed by atoms with Crippen LogP contribution >= 0.6 is 0 Å². The Labute approximate surface area is 310 Å². The molecule has 0 atom stereocenters. The van der Waals surface area contributed by atoms with Gasteiger partial charge >= 0.3 is 0 Å². The van der Waals surface area contributed by atoms with Crippen molar-refractivity contribution in [1.82, 2.24) is 4.57 Å². The summed E-state index contributed by atoms with van der Waals surface area (Å²) in [6.07, 6.45) is 6.33. The zero-order chi connectivity index (χ0) is 35.7. The maximum Gasteiger partial charge on any atom is 0.0621 e. The number of rotatable bonds is 8. The lowest BCUT2D eigenvalue weighted by Crippen LogP contribution is -2.11. The highest BCUT2D eigenvalue weighted by Gasteiger charge is 2.23. The SMILES string of the molecule is C=Cc1c(/C=C\C)c2cc(N(c3ccc(-c4ccccc4)cc3)c3ccc(-c4cccc5ccccc45)cc3)c3ccccc3c2n1-c1ccccc1. The topological polar surface area (TPSA) is 8.17 Å². The van der Waals surface area contributed by atoms with Gasteiger partial charge in [-0.3, -0.25) is 0 Å². The number of hydrogen-bond donors (Lipinski definition) is 0. The molecule has 0 saturated carbocycles. The van der Waals surface area contributed by atoms with Gasteiger partial charge < -0.3 is 9.47 Å². The second-order valence-electron chi connectivity index (χ2n) is 13.3. The summed E-state index contributed by atoms with van der Waals surface area (Å²) in [4.78, 5) is 2.41. The summed E-state index contributed by atoms with van der Waals surface area (Å²) < 4.78 is 2.36. The van der Waals surface area contributed by atoms with Gasteiger partial charge in [-0.25, -0.2) is 0 Å². The number of fused-ring (bicyclic) bond motifs is 4. The van der Waals surface area contributed by atoms with E-state index in [1.54, 1.807) is 0 Å². The Kier molecular flexibility index (Phi) is 8.26. The third kappa shape index (κ3) is 5.62. The Hall–Kier alpha value is -6.90. The monoisotopic (exact) mass is 678 g/mol. The highest BCUT2D eigenvalue weighted by Crippen LogP contribution is 2.46. The molecule has 0 saturated heterocycles. The quantitative estimate of drug-likeness (QED) is 0.155. The van der Waals surface area contributed by atoms with Gasteiger partial charge in [0.1, 0.15) is 0 Å². The van der Waals surface area contributed by atoms with E-state index < -0.39 is 0 Å². The molecule has 1 heterocycles. The second-order valence-corrected chi connectivity index (χ2v) is 13.3.